The Labute approximate surface area is 176 Å². The minimum absolute atomic E-state index is 0.104. The quantitative estimate of drug-likeness (QED) is 0.519. The van der Waals surface area contributed by atoms with Gasteiger partial charge < -0.3 is 20.2 Å². The van der Waals surface area contributed by atoms with Gasteiger partial charge >= 0.3 is 5.69 Å². The number of primary amides is 1. The zero-order valence-electron chi connectivity index (χ0n) is 14.9. The number of benzene rings is 2. The lowest BCUT2D eigenvalue weighted by Crippen LogP contribution is -2.32. The van der Waals surface area contributed by atoms with Crippen LogP contribution in [0.15, 0.2) is 49.5 Å². The van der Waals surface area contributed by atoms with Gasteiger partial charge in [0.2, 0.25) is 0 Å². The molecule has 2 aromatic carbocycles. The number of hydrogen-bond acceptors (Lipinski definition) is 6. The molecular weight excluding hydrogens is 468 g/mol. The summed E-state index contributed by atoms with van der Waals surface area (Å²) in [4.78, 5) is 38.3. The number of methoxy groups -OCH3 is 1. The van der Waals surface area contributed by atoms with Crippen LogP contribution in [0.5, 0.6) is 11.5 Å². The van der Waals surface area contributed by atoms with Crippen molar-refractivity contribution in [3.8, 4) is 11.5 Å². The largest absolute Gasteiger partial charge is 0.493 e. The molecule has 0 saturated carbocycles. The molecular formula is C18H14BrClN4O5. The zero-order chi connectivity index (χ0) is 21.1. The highest BCUT2D eigenvalue weighted by Crippen LogP contribution is 2.42. The third-order valence-electron chi connectivity index (χ3n) is 3.83. The second-order valence-corrected chi connectivity index (χ2v) is 6.89. The summed E-state index contributed by atoms with van der Waals surface area (Å²) in [5, 5.41) is 4.40. The van der Waals surface area contributed by atoms with Crippen molar-refractivity contribution < 1.29 is 14.3 Å². The lowest BCUT2D eigenvalue weighted by atomic mass is 10.2. The second-order valence-electron chi connectivity index (χ2n) is 5.72. The normalized spacial score (nSPS) is 11.1. The molecule has 150 valence electrons. The molecule has 3 rings (SSSR count). The first-order valence-corrected chi connectivity index (χ1v) is 9.26. The van der Waals surface area contributed by atoms with E-state index in [9.17, 15) is 14.4 Å². The van der Waals surface area contributed by atoms with Gasteiger partial charge in [-0.2, -0.15) is 5.10 Å². The maximum absolute atomic E-state index is 12.6. The number of carbonyl (C=O) groups excluding carboxylic acids is 1. The number of hydrogen-bond donors (Lipinski definition) is 2. The summed E-state index contributed by atoms with van der Waals surface area (Å²) in [7, 11) is 1.39. The monoisotopic (exact) mass is 480 g/mol. The maximum atomic E-state index is 12.6. The van der Waals surface area contributed by atoms with E-state index in [0.29, 0.717) is 25.6 Å². The fourth-order valence-electron chi connectivity index (χ4n) is 2.51. The molecule has 0 aliphatic carbocycles. The van der Waals surface area contributed by atoms with E-state index in [1.165, 1.54) is 19.4 Å². The summed E-state index contributed by atoms with van der Waals surface area (Å²) in [5.41, 5.74) is 4.63. The number of rotatable bonds is 6. The molecule has 0 aliphatic rings. The Bertz CT molecular complexity index is 1250. The first-order valence-electron chi connectivity index (χ1n) is 8.09. The lowest BCUT2D eigenvalue weighted by molar-refractivity contribution is -0.119. The van der Waals surface area contributed by atoms with E-state index in [-0.39, 0.29) is 16.5 Å². The maximum Gasteiger partial charge on any atom is 0.349 e. The van der Waals surface area contributed by atoms with Crippen LogP contribution >= 0.6 is 27.5 Å². The number of aromatic nitrogens is 2. The van der Waals surface area contributed by atoms with E-state index in [1.807, 2.05) is 0 Å². The minimum Gasteiger partial charge on any atom is -0.493 e. The number of fused-ring (bicyclic) bond motifs is 1. The van der Waals surface area contributed by atoms with Gasteiger partial charge in [0, 0.05) is 10.0 Å². The highest BCUT2D eigenvalue weighted by molar-refractivity contribution is 9.10. The van der Waals surface area contributed by atoms with Crippen molar-refractivity contribution in [1.29, 1.82) is 0 Å². The number of amides is 1. The van der Waals surface area contributed by atoms with Crippen LogP contribution in [-0.2, 0) is 4.79 Å². The van der Waals surface area contributed by atoms with Crippen LogP contribution in [0.2, 0.25) is 5.02 Å². The molecule has 0 radical (unpaired) electrons. The van der Waals surface area contributed by atoms with Crippen LogP contribution in [-0.4, -0.2) is 35.5 Å². The number of nitrogens with two attached hydrogens (primary N) is 1. The van der Waals surface area contributed by atoms with Gasteiger partial charge in [0.1, 0.15) is 5.02 Å². The molecule has 9 nitrogen and oxygen atoms in total. The number of ether oxygens (including phenoxy) is 2. The van der Waals surface area contributed by atoms with Gasteiger partial charge in [-0.25, -0.2) is 4.79 Å². The van der Waals surface area contributed by atoms with Crippen molar-refractivity contribution in [3.05, 3.63) is 66.2 Å². The highest BCUT2D eigenvalue weighted by Gasteiger charge is 2.18. The van der Waals surface area contributed by atoms with Crippen LogP contribution in [0, 0.1) is 0 Å². The predicted octanol–water partition coefficient (Wildman–Crippen LogP) is 1.86. The zero-order valence-corrected chi connectivity index (χ0v) is 17.3. The summed E-state index contributed by atoms with van der Waals surface area (Å²) < 4.78 is 11.6. The van der Waals surface area contributed by atoms with Gasteiger partial charge in [-0.15, -0.1) is 4.68 Å². The second kappa shape index (κ2) is 8.50. The number of carbonyl (C=O) groups is 1. The van der Waals surface area contributed by atoms with Crippen LogP contribution in [0.25, 0.3) is 10.9 Å². The molecule has 0 atom stereocenters. The molecule has 1 aromatic heterocycles. The average molecular weight is 482 g/mol. The molecule has 3 N–H and O–H groups in total. The fourth-order valence-corrected chi connectivity index (χ4v) is 3.16. The predicted molar refractivity (Wildman–Crippen MR) is 112 cm³/mol. The lowest BCUT2D eigenvalue weighted by Gasteiger charge is -2.14. The van der Waals surface area contributed by atoms with Gasteiger partial charge in [0.15, 0.2) is 18.1 Å². The van der Waals surface area contributed by atoms with Gasteiger partial charge in [-0.3, -0.25) is 9.59 Å². The average Bonchev–Trinajstić information content (AvgIpc) is 2.69. The third kappa shape index (κ3) is 4.17. The SMILES string of the molecule is COc1cc(C=Nn2c(=O)[nH]c3ccccc3c2=O)c(Br)c(Cl)c1OCC(N)=O. The van der Waals surface area contributed by atoms with Crippen molar-refractivity contribution in [2.75, 3.05) is 13.7 Å². The molecule has 11 heteroatoms. The molecule has 3 aromatic rings. The molecule has 0 fully saturated rings. The molecule has 0 unspecified atom stereocenters. The summed E-state index contributed by atoms with van der Waals surface area (Å²) in [5.74, 6) is -0.363. The summed E-state index contributed by atoms with van der Waals surface area (Å²) in [6, 6.07) is 8.11. The van der Waals surface area contributed by atoms with Gasteiger partial charge in [-0.1, -0.05) is 23.7 Å². The van der Waals surface area contributed by atoms with Gasteiger partial charge in [0.25, 0.3) is 11.5 Å². The van der Waals surface area contributed by atoms with E-state index in [1.54, 1.807) is 24.3 Å². The summed E-state index contributed by atoms with van der Waals surface area (Å²) in [6.45, 7) is -0.391. The Kier molecular flexibility index (Phi) is 6.04. The molecule has 1 heterocycles. The summed E-state index contributed by atoms with van der Waals surface area (Å²) >= 11 is 9.59. The standard InChI is InChI=1S/C18H14BrClN4O5/c1-28-12-6-9(14(19)15(20)16(12)29-8-13(21)25)7-22-24-17(26)10-4-2-3-5-11(10)23-18(24)27/h2-7H,8H2,1H3,(H2,21,25)(H,23,27). The topological polar surface area (TPSA) is 129 Å². The van der Waals surface area contributed by atoms with E-state index in [0.717, 1.165) is 0 Å². The number of nitrogens with one attached hydrogen (secondary N) is 1. The molecule has 29 heavy (non-hydrogen) atoms. The smallest absolute Gasteiger partial charge is 0.349 e. The molecule has 0 bridgehead atoms. The van der Waals surface area contributed by atoms with Gasteiger partial charge in [0.05, 0.1) is 24.2 Å². The van der Waals surface area contributed by atoms with Crippen molar-refractivity contribution in [3.63, 3.8) is 0 Å². The summed E-state index contributed by atoms with van der Waals surface area (Å²) in [6.07, 6.45) is 1.27. The third-order valence-corrected chi connectivity index (χ3v) is 5.27. The van der Waals surface area contributed by atoms with E-state index in [2.05, 4.69) is 26.0 Å². The Morgan fingerprint density at radius 2 is 2.10 bits per heavy atom. The van der Waals surface area contributed by atoms with Crippen LogP contribution in [0.1, 0.15) is 5.56 Å². The Morgan fingerprint density at radius 3 is 2.79 bits per heavy atom. The van der Waals surface area contributed by atoms with Crippen LogP contribution in [0.4, 0.5) is 0 Å². The van der Waals surface area contributed by atoms with E-state index in [4.69, 9.17) is 26.8 Å². The Balaban J connectivity index is 2.07. The van der Waals surface area contributed by atoms with E-state index >= 15 is 0 Å². The minimum atomic E-state index is -0.694. The van der Waals surface area contributed by atoms with Crippen LogP contribution < -0.4 is 26.5 Å². The number of nitrogens with zero attached hydrogens (tertiary/aromatic N) is 2. The fraction of sp³-hybridized carbons (Fsp3) is 0.111. The molecule has 1 amide bonds. The Hall–Kier alpha value is -3.11. The van der Waals surface area contributed by atoms with Crippen molar-refractivity contribution >= 4 is 50.6 Å². The van der Waals surface area contributed by atoms with Crippen molar-refractivity contribution in [1.82, 2.24) is 9.66 Å². The molecule has 0 saturated heterocycles. The van der Waals surface area contributed by atoms with Crippen LogP contribution in [0.3, 0.4) is 0 Å². The van der Waals surface area contributed by atoms with Crippen molar-refractivity contribution in [2.24, 2.45) is 10.8 Å². The number of halogens is 2. The molecule has 0 spiro atoms. The van der Waals surface area contributed by atoms with E-state index < -0.39 is 23.8 Å². The first-order chi connectivity index (χ1) is 13.8. The molecule has 0 aliphatic heterocycles. The Morgan fingerprint density at radius 1 is 1.38 bits per heavy atom. The van der Waals surface area contributed by atoms with Gasteiger partial charge in [-0.05, 0) is 34.1 Å². The highest BCUT2D eigenvalue weighted by atomic mass is 79.9. The number of para-hydroxylation sites is 1. The number of H-pyrrole nitrogens is 1. The van der Waals surface area contributed by atoms with Crippen molar-refractivity contribution in [2.45, 2.75) is 0 Å². The number of aromatic amines is 1. The first kappa shape index (κ1) is 20.6.